The van der Waals surface area contributed by atoms with Crippen LogP contribution in [0.2, 0.25) is 0 Å². The molecule has 12 heteroatoms. The van der Waals surface area contributed by atoms with Crippen LogP contribution in [0.15, 0.2) is 84.0 Å². The van der Waals surface area contributed by atoms with Crippen LogP contribution in [0.4, 0.5) is 13.2 Å². The molecule has 49 heavy (non-hydrogen) atoms. The average molecular weight is 675 g/mol. The van der Waals surface area contributed by atoms with Crippen molar-refractivity contribution in [2.45, 2.75) is 32.8 Å². The Labute approximate surface area is 282 Å². The Morgan fingerprint density at radius 3 is 2.41 bits per heavy atom. The van der Waals surface area contributed by atoms with Crippen LogP contribution in [0.25, 0.3) is 16.6 Å². The fourth-order valence-corrected chi connectivity index (χ4v) is 5.44. The summed E-state index contributed by atoms with van der Waals surface area (Å²) in [5, 5.41) is 21.4. The van der Waals surface area contributed by atoms with E-state index in [-0.39, 0.29) is 24.5 Å². The number of rotatable bonds is 12. The number of nitrogens with one attached hydrogen (secondary N) is 1. The number of benzene rings is 3. The van der Waals surface area contributed by atoms with Gasteiger partial charge in [0.05, 0.1) is 24.4 Å². The zero-order chi connectivity index (χ0) is 35.3. The Bertz CT molecular complexity index is 1920. The maximum Gasteiger partial charge on any atom is 0.417 e. The number of fused-ring (bicyclic) bond motifs is 1. The minimum absolute atomic E-state index is 0.0739. The molecule has 3 aromatic carbocycles. The zero-order valence-corrected chi connectivity index (χ0v) is 27.6. The number of halogens is 3. The van der Waals surface area contributed by atoms with Gasteiger partial charge in [-0.25, -0.2) is 4.79 Å². The number of aliphatic hydroxyl groups excluding tert-OH is 1. The lowest BCUT2D eigenvalue weighted by Gasteiger charge is -2.37. The lowest BCUT2D eigenvalue weighted by atomic mass is 9.95. The monoisotopic (exact) mass is 674 g/mol. The first kappa shape index (κ1) is 35.2. The molecule has 1 atom stereocenters. The van der Waals surface area contributed by atoms with Crippen LogP contribution in [0, 0.1) is 25.2 Å². The fraction of sp³-hybridized carbons (Fsp3) is 0.297. The second-order valence-electron chi connectivity index (χ2n) is 12.0. The van der Waals surface area contributed by atoms with Gasteiger partial charge in [0.1, 0.15) is 29.9 Å². The molecule has 0 saturated carbocycles. The van der Waals surface area contributed by atoms with Gasteiger partial charge >= 0.3 is 12.1 Å². The molecular formula is C37H37F3N4O5. The molecule has 0 fully saturated rings. The van der Waals surface area contributed by atoms with E-state index in [2.05, 4.69) is 4.98 Å². The minimum Gasteiger partial charge on any atom is -0.459 e. The Morgan fingerprint density at radius 1 is 1.00 bits per heavy atom. The number of esters is 1. The fourth-order valence-electron chi connectivity index (χ4n) is 5.44. The van der Waals surface area contributed by atoms with Gasteiger partial charge in [0, 0.05) is 29.7 Å². The van der Waals surface area contributed by atoms with E-state index in [4.69, 9.17) is 14.2 Å². The van der Waals surface area contributed by atoms with Gasteiger partial charge in [-0.3, -0.25) is 0 Å². The standard InChI is InChI=1S/C37H37F3N4O5/c1-23-5-6-26(24(2)17-23)22-44-34(20-31(37(38,39)40)30(21-41)35(44)45)25-7-9-28(10-8-25)49-29-11-12-32-27(18-29)19-33(42-32)36(46)48-16-15-47-14-13-43(3)4/h5-12,17-20,35,42,45H,13-16,22H2,1-4H3. The molecule has 0 amide bonds. The highest BCUT2D eigenvalue weighted by atomic mass is 19.4. The largest absolute Gasteiger partial charge is 0.459 e. The Hall–Kier alpha value is -5.09. The highest BCUT2D eigenvalue weighted by Crippen LogP contribution is 2.40. The quantitative estimate of drug-likeness (QED) is 0.124. The molecule has 1 aliphatic rings. The van der Waals surface area contributed by atoms with Gasteiger partial charge in [-0.1, -0.05) is 23.8 Å². The highest BCUT2D eigenvalue weighted by molar-refractivity contribution is 5.95. The van der Waals surface area contributed by atoms with Crippen LogP contribution in [0.3, 0.4) is 0 Å². The number of carbonyl (C=O) groups excluding carboxylic acids is 1. The number of hydrogen-bond acceptors (Lipinski definition) is 8. The lowest BCUT2D eigenvalue weighted by Crippen LogP contribution is -2.39. The molecule has 2 N–H and O–H groups in total. The Morgan fingerprint density at radius 2 is 1.73 bits per heavy atom. The summed E-state index contributed by atoms with van der Waals surface area (Å²) in [6, 6.07) is 20.6. The summed E-state index contributed by atoms with van der Waals surface area (Å²) in [4.78, 5) is 18.9. The molecule has 5 rings (SSSR count). The molecular weight excluding hydrogens is 637 g/mol. The van der Waals surface area contributed by atoms with Crippen molar-refractivity contribution in [3.05, 3.63) is 112 Å². The van der Waals surface area contributed by atoms with Crippen LogP contribution in [-0.4, -0.2) is 78.7 Å². The van der Waals surface area contributed by atoms with Crippen molar-refractivity contribution in [3.8, 4) is 17.6 Å². The predicted octanol–water partition coefficient (Wildman–Crippen LogP) is 6.87. The van der Waals surface area contributed by atoms with Gasteiger partial charge in [0.25, 0.3) is 0 Å². The number of carbonyl (C=O) groups is 1. The molecule has 1 aliphatic heterocycles. The van der Waals surface area contributed by atoms with E-state index in [1.54, 1.807) is 54.6 Å². The maximum atomic E-state index is 14.0. The number of nitrogens with zero attached hydrogens (tertiary/aromatic N) is 3. The first-order chi connectivity index (χ1) is 23.3. The molecule has 0 saturated heterocycles. The molecule has 256 valence electrons. The van der Waals surface area contributed by atoms with Crippen molar-refractivity contribution in [3.63, 3.8) is 0 Å². The van der Waals surface area contributed by atoms with Crippen molar-refractivity contribution in [1.82, 2.24) is 14.8 Å². The van der Waals surface area contributed by atoms with E-state index >= 15 is 0 Å². The number of aliphatic hydroxyl groups is 1. The van der Waals surface area contributed by atoms with Crippen molar-refractivity contribution in [2.24, 2.45) is 0 Å². The number of alkyl halides is 3. The summed E-state index contributed by atoms with van der Waals surface area (Å²) in [5.41, 5.74) is 2.26. The first-order valence-corrected chi connectivity index (χ1v) is 15.6. The lowest BCUT2D eigenvalue weighted by molar-refractivity contribution is -0.0915. The summed E-state index contributed by atoms with van der Waals surface area (Å²) < 4.78 is 58.9. The van der Waals surface area contributed by atoms with Crippen LogP contribution < -0.4 is 4.74 Å². The topological polar surface area (TPSA) is 111 Å². The van der Waals surface area contributed by atoms with Crippen LogP contribution in [-0.2, 0) is 16.0 Å². The van der Waals surface area contributed by atoms with E-state index in [0.29, 0.717) is 41.2 Å². The summed E-state index contributed by atoms with van der Waals surface area (Å²) >= 11 is 0. The SMILES string of the molecule is Cc1ccc(CN2C(c3ccc(Oc4ccc5[nH]c(C(=O)OCCOCCN(C)C)cc5c4)cc3)=CC(C(F)(F)F)=C(C#N)C2O)c(C)c1. The summed E-state index contributed by atoms with van der Waals surface area (Å²) in [5.74, 6) is 0.373. The minimum atomic E-state index is -4.85. The van der Waals surface area contributed by atoms with Gasteiger partial charge in [0.15, 0.2) is 6.23 Å². The van der Waals surface area contributed by atoms with Crippen molar-refractivity contribution in [2.75, 3.05) is 40.5 Å². The highest BCUT2D eigenvalue weighted by Gasteiger charge is 2.42. The molecule has 0 spiro atoms. The molecule has 0 bridgehead atoms. The van der Waals surface area contributed by atoms with Gasteiger partial charge in [-0.15, -0.1) is 0 Å². The van der Waals surface area contributed by atoms with E-state index in [9.17, 15) is 28.3 Å². The number of aryl methyl sites for hydroxylation is 2. The van der Waals surface area contributed by atoms with E-state index in [0.717, 1.165) is 29.3 Å². The van der Waals surface area contributed by atoms with Crippen LogP contribution >= 0.6 is 0 Å². The second-order valence-corrected chi connectivity index (χ2v) is 12.0. The van der Waals surface area contributed by atoms with E-state index in [1.165, 1.54) is 4.90 Å². The average Bonchev–Trinajstić information content (AvgIpc) is 3.48. The molecule has 4 aromatic rings. The molecule has 0 radical (unpaired) electrons. The number of aromatic amines is 1. The van der Waals surface area contributed by atoms with Crippen LogP contribution in [0.5, 0.6) is 11.5 Å². The summed E-state index contributed by atoms with van der Waals surface area (Å²) in [6.07, 6.45) is -5.75. The molecule has 1 unspecified atom stereocenters. The number of H-pyrrole nitrogens is 1. The zero-order valence-electron chi connectivity index (χ0n) is 27.6. The Balaban J connectivity index is 1.33. The van der Waals surface area contributed by atoms with Crippen molar-refractivity contribution < 1.29 is 37.3 Å². The third-order valence-corrected chi connectivity index (χ3v) is 8.04. The Kier molecular flexibility index (Phi) is 10.8. The number of hydrogen-bond donors (Lipinski definition) is 2. The van der Waals surface area contributed by atoms with Crippen molar-refractivity contribution >= 4 is 22.6 Å². The number of ether oxygens (including phenoxy) is 3. The number of allylic oxidation sites excluding steroid dienone is 2. The third kappa shape index (κ3) is 8.50. The van der Waals surface area contributed by atoms with Gasteiger partial charge < -0.3 is 34.1 Å². The normalized spacial score (nSPS) is 15.1. The van der Waals surface area contributed by atoms with E-state index < -0.39 is 29.5 Å². The summed E-state index contributed by atoms with van der Waals surface area (Å²) in [6.45, 7) is 5.62. The number of aromatic nitrogens is 1. The van der Waals surface area contributed by atoms with Crippen molar-refractivity contribution in [1.29, 1.82) is 5.26 Å². The number of likely N-dealkylation sites (N-methyl/N-ethyl adjacent to an activating group) is 1. The summed E-state index contributed by atoms with van der Waals surface area (Å²) in [7, 11) is 3.89. The second kappa shape index (κ2) is 15.0. The molecule has 1 aromatic heterocycles. The first-order valence-electron chi connectivity index (χ1n) is 15.6. The molecule has 2 heterocycles. The predicted molar refractivity (Wildman–Crippen MR) is 179 cm³/mol. The van der Waals surface area contributed by atoms with Gasteiger partial charge in [-0.2, -0.15) is 18.4 Å². The van der Waals surface area contributed by atoms with Gasteiger partial charge in [0.2, 0.25) is 0 Å². The molecule has 9 nitrogen and oxygen atoms in total. The van der Waals surface area contributed by atoms with Crippen LogP contribution in [0.1, 0.15) is 32.7 Å². The smallest absolute Gasteiger partial charge is 0.417 e. The number of nitriles is 1. The van der Waals surface area contributed by atoms with E-state index in [1.807, 2.05) is 51.0 Å². The maximum absolute atomic E-state index is 14.0. The van der Waals surface area contributed by atoms with Gasteiger partial charge in [-0.05, 0) is 99.2 Å². The third-order valence-electron chi connectivity index (χ3n) is 8.04. The molecule has 0 aliphatic carbocycles.